The Morgan fingerprint density at radius 3 is 2.85 bits per heavy atom. The number of rotatable bonds is 6. The van der Waals surface area contributed by atoms with Crippen LogP contribution >= 0.6 is 0 Å². The minimum absolute atomic E-state index is 0.160. The molecule has 0 spiro atoms. The van der Waals surface area contributed by atoms with Crippen LogP contribution in [0.15, 0.2) is 36.5 Å². The predicted molar refractivity (Wildman–Crippen MR) is 102 cm³/mol. The van der Waals surface area contributed by atoms with Crippen molar-refractivity contribution in [3.8, 4) is 5.75 Å². The van der Waals surface area contributed by atoms with E-state index in [-0.39, 0.29) is 5.91 Å². The van der Waals surface area contributed by atoms with Crippen LogP contribution in [-0.4, -0.2) is 42.6 Å². The van der Waals surface area contributed by atoms with Crippen LogP contribution in [0, 0.1) is 5.92 Å². The van der Waals surface area contributed by atoms with Crippen molar-refractivity contribution >= 4 is 11.9 Å². The van der Waals surface area contributed by atoms with E-state index in [0.717, 1.165) is 37.2 Å². The number of hydrogen-bond acceptors (Lipinski definition) is 5. The van der Waals surface area contributed by atoms with E-state index in [2.05, 4.69) is 27.1 Å². The Balaban J connectivity index is 1.54. The Morgan fingerprint density at radius 2 is 2.12 bits per heavy atom. The molecule has 3 rings (SSSR count). The van der Waals surface area contributed by atoms with Crippen LogP contribution in [-0.2, 0) is 6.42 Å². The zero-order valence-electron chi connectivity index (χ0n) is 15.4. The van der Waals surface area contributed by atoms with Gasteiger partial charge in [-0.3, -0.25) is 4.79 Å². The van der Waals surface area contributed by atoms with Gasteiger partial charge in [-0.2, -0.15) is 0 Å². The van der Waals surface area contributed by atoms with Gasteiger partial charge in [-0.25, -0.2) is 9.97 Å². The number of methoxy groups -OCH3 is 1. The van der Waals surface area contributed by atoms with Crippen LogP contribution in [0.5, 0.6) is 5.75 Å². The van der Waals surface area contributed by atoms with E-state index in [4.69, 9.17) is 4.74 Å². The number of anilines is 1. The van der Waals surface area contributed by atoms with Crippen molar-refractivity contribution in [1.82, 2.24) is 15.3 Å². The molecule has 1 N–H and O–H groups in total. The molecule has 2 heterocycles. The molecule has 6 nitrogen and oxygen atoms in total. The molecule has 0 radical (unpaired) electrons. The summed E-state index contributed by atoms with van der Waals surface area (Å²) in [6.45, 7) is 4.70. The second kappa shape index (κ2) is 8.65. The van der Waals surface area contributed by atoms with Crippen molar-refractivity contribution in [2.45, 2.75) is 26.2 Å². The Kier molecular flexibility index (Phi) is 6.04. The molecule has 1 unspecified atom stereocenters. The van der Waals surface area contributed by atoms with Crippen LogP contribution < -0.4 is 15.0 Å². The Morgan fingerprint density at radius 1 is 1.31 bits per heavy atom. The minimum atomic E-state index is -0.160. The van der Waals surface area contributed by atoms with Crippen LogP contribution in [0.4, 0.5) is 5.95 Å². The molecule has 138 valence electrons. The molecule has 2 aromatic rings. The third kappa shape index (κ3) is 4.71. The molecule has 0 aliphatic carbocycles. The summed E-state index contributed by atoms with van der Waals surface area (Å²) in [4.78, 5) is 23.4. The largest absolute Gasteiger partial charge is 0.497 e. The molecule has 1 aliphatic rings. The highest BCUT2D eigenvalue weighted by Gasteiger charge is 2.19. The van der Waals surface area contributed by atoms with Crippen LogP contribution in [0.2, 0.25) is 0 Å². The molecule has 26 heavy (non-hydrogen) atoms. The fourth-order valence-electron chi connectivity index (χ4n) is 3.20. The summed E-state index contributed by atoms with van der Waals surface area (Å²) in [5, 5.41) is 2.94. The smallest absolute Gasteiger partial charge is 0.270 e. The zero-order chi connectivity index (χ0) is 18.4. The van der Waals surface area contributed by atoms with Crippen LogP contribution in [0.25, 0.3) is 0 Å². The Hall–Kier alpha value is -2.63. The first-order valence-corrected chi connectivity index (χ1v) is 9.15. The number of amides is 1. The number of piperidine rings is 1. The summed E-state index contributed by atoms with van der Waals surface area (Å²) in [7, 11) is 1.65. The molecule has 1 aromatic heterocycles. The van der Waals surface area contributed by atoms with Gasteiger partial charge in [0.15, 0.2) is 0 Å². The molecular formula is C20H26N4O2. The Labute approximate surface area is 154 Å². The minimum Gasteiger partial charge on any atom is -0.497 e. The quantitative estimate of drug-likeness (QED) is 0.864. The lowest BCUT2D eigenvalue weighted by Gasteiger charge is -2.30. The number of hydrogen-bond donors (Lipinski definition) is 1. The average molecular weight is 354 g/mol. The lowest BCUT2D eigenvalue weighted by Crippen LogP contribution is -2.36. The van der Waals surface area contributed by atoms with Gasteiger partial charge in [-0.05, 0) is 48.9 Å². The highest BCUT2D eigenvalue weighted by Crippen LogP contribution is 2.19. The van der Waals surface area contributed by atoms with Gasteiger partial charge in [0.25, 0.3) is 5.91 Å². The van der Waals surface area contributed by atoms with Crippen molar-refractivity contribution in [3.05, 3.63) is 47.8 Å². The fraction of sp³-hybridized carbons (Fsp3) is 0.450. The van der Waals surface area contributed by atoms with Crippen molar-refractivity contribution < 1.29 is 9.53 Å². The van der Waals surface area contributed by atoms with Crippen molar-refractivity contribution in [3.63, 3.8) is 0 Å². The summed E-state index contributed by atoms with van der Waals surface area (Å²) in [5.41, 5.74) is 1.57. The molecule has 0 saturated carbocycles. The average Bonchev–Trinajstić information content (AvgIpc) is 2.68. The lowest BCUT2D eigenvalue weighted by atomic mass is 10.0. The predicted octanol–water partition coefficient (Wildman–Crippen LogP) is 2.69. The number of nitrogens with zero attached hydrogens (tertiary/aromatic N) is 3. The molecular weight excluding hydrogens is 328 g/mol. The lowest BCUT2D eigenvalue weighted by molar-refractivity contribution is 0.0949. The van der Waals surface area contributed by atoms with Crippen LogP contribution in [0.3, 0.4) is 0 Å². The van der Waals surface area contributed by atoms with Gasteiger partial charge in [-0.15, -0.1) is 0 Å². The number of carbonyl (C=O) groups excluding carboxylic acids is 1. The first-order chi connectivity index (χ1) is 12.7. The van der Waals surface area contributed by atoms with Crippen molar-refractivity contribution in [2.24, 2.45) is 5.92 Å². The van der Waals surface area contributed by atoms with E-state index >= 15 is 0 Å². The normalized spacial score (nSPS) is 17.0. The second-order valence-corrected chi connectivity index (χ2v) is 6.79. The topological polar surface area (TPSA) is 67.3 Å². The highest BCUT2D eigenvalue weighted by atomic mass is 16.5. The van der Waals surface area contributed by atoms with E-state index in [9.17, 15) is 4.79 Å². The third-order valence-electron chi connectivity index (χ3n) is 4.67. The SMILES string of the molecule is COc1ccc(CCNC(=O)c2ccnc(N3CCCC(C)C3)n2)cc1. The van der Waals surface area contributed by atoms with Gasteiger partial charge in [0.2, 0.25) is 5.95 Å². The highest BCUT2D eigenvalue weighted by molar-refractivity contribution is 5.92. The van der Waals surface area contributed by atoms with E-state index in [0.29, 0.717) is 24.1 Å². The van der Waals surface area contributed by atoms with Crippen molar-refractivity contribution in [2.75, 3.05) is 31.6 Å². The monoisotopic (exact) mass is 354 g/mol. The molecule has 1 amide bonds. The number of aromatic nitrogens is 2. The standard InChI is InChI=1S/C20H26N4O2/c1-15-4-3-13-24(14-15)20-22-12-10-18(23-20)19(25)21-11-9-16-5-7-17(26-2)8-6-16/h5-8,10,12,15H,3-4,9,11,13-14H2,1-2H3,(H,21,25). The summed E-state index contributed by atoms with van der Waals surface area (Å²) in [6, 6.07) is 9.52. The van der Waals surface area contributed by atoms with Gasteiger partial charge in [0, 0.05) is 25.8 Å². The van der Waals surface area contributed by atoms with E-state index < -0.39 is 0 Å². The summed E-state index contributed by atoms with van der Waals surface area (Å²) in [6.07, 6.45) is 4.81. The van der Waals surface area contributed by atoms with Gasteiger partial charge in [-0.1, -0.05) is 19.1 Å². The molecule has 1 aliphatic heterocycles. The number of benzene rings is 1. The number of ether oxygens (including phenoxy) is 1. The summed E-state index contributed by atoms with van der Waals surface area (Å²) in [5.74, 6) is 1.96. The number of carbonyl (C=O) groups is 1. The molecule has 6 heteroatoms. The van der Waals surface area contributed by atoms with Gasteiger partial charge >= 0.3 is 0 Å². The maximum atomic E-state index is 12.4. The first kappa shape index (κ1) is 18.2. The molecule has 1 atom stereocenters. The summed E-state index contributed by atoms with van der Waals surface area (Å²) < 4.78 is 5.15. The third-order valence-corrected chi connectivity index (χ3v) is 4.67. The summed E-state index contributed by atoms with van der Waals surface area (Å²) >= 11 is 0. The first-order valence-electron chi connectivity index (χ1n) is 9.15. The van der Waals surface area contributed by atoms with E-state index in [1.54, 1.807) is 19.4 Å². The van der Waals surface area contributed by atoms with E-state index in [1.165, 1.54) is 6.42 Å². The fourth-order valence-corrected chi connectivity index (χ4v) is 3.20. The number of nitrogens with one attached hydrogen (secondary N) is 1. The molecule has 1 aromatic carbocycles. The maximum absolute atomic E-state index is 12.4. The van der Waals surface area contributed by atoms with Crippen LogP contribution in [0.1, 0.15) is 35.8 Å². The zero-order valence-corrected chi connectivity index (χ0v) is 15.4. The molecule has 0 bridgehead atoms. The Bertz CT molecular complexity index is 733. The van der Waals surface area contributed by atoms with Gasteiger partial charge in [0.1, 0.15) is 11.4 Å². The molecule has 1 fully saturated rings. The second-order valence-electron chi connectivity index (χ2n) is 6.79. The van der Waals surface area contributed by atoms with Crippen molar-refractivity contribution in [1.29, 1.82) is 0 Å². The maximum Gasteiger partial charge on any atom is 0.270 e. The van der Waals surface area contributed by atoms with Gasteiger partial charge < -0.3 is 15.0 Å². The van der Waals surface area contributed by atoms with E-state index in [1.807, 2.05) is 24.3 Å². The molecule has 1 saturated heterocycles. The van der Waals surface area contributed by atoms with Gasteiger partial charge in [0.05, 0.1) is 7.11 Å².